The Bertz CT molecular complexity index is 714. The lowest BCUT2D eigenvalue weighted by atomic mass is 10.1. The number of carbonyl (C=O) groups excluding carboxylic acids is 2. The van der Waals surface area contributed by atoms with E-state index < -0.39 is 0 Å². The van der Waals surface area contributed by atoms with Gasteiger partial charge in [-0.1, -0.05) is 13.0 Å². The van der Waals surface area contributed by atoms with E-state index in [4.69, 9.17) is 0 Å². The van der Waals surface area contributed by atoms with Gasteiger partial charge in [0.05, 0.1) is 5.56 Å². The Hall–Kier alpha value is -2.21. The molecule has 2 amide bonds. The van der Waals surface area contributed by atoms with Crippen LogP contribution in [-0.2, 0) is 17.8 Å². The van der Waals surface area contributed by atoms with E-state index in [1.807, 2.05) is 28.5 Å². The average Bonchev–Trinajstić information content (AvgIpc) is 3.23. The molecule has 6 heteroatoms. The second-order valence-corrected chi connectivity index (χ2v) is 7.00. The number of rotatable bonds is 6. The summed E-state index contributed by atoms with van der Waals surface area (Å²) in [7, 11) is 0. The molecule has 0 radical (unpaired) electrons. The van der Waals surface area contributed by atoms with Crippen molar-refractivity contribution in [3.8, 4) is 0 Å². The maximum absolute atomic E-state index is 12.9. The summed E-state index contributed by atoms with van der Waals surface area (Å²) in [4.78, 5) is 31.5. The van der Waals surface area contributed by atoms with Crippen molar-refractivity contribution in [3.63, 3.8) is 0 Å². The van der Waals surface area contributed by atoms with E-state index in [1.165, 1.54) is 4.88 Å². The van der Waals surface area contributed by atoms with Crippen LogP contribution in [0.15, 0.2) is 36.0 Å². The number of hydrogen-bond donors (Lipinski definition) is 1. The van der Waals surface area contributed by atoms with E-state index in [9.17, 15) is 9.59 Å². The van der Waals surface area contributed by atoms with Crippen molar-refractivity contribution in [2.75, 3.05) is 6.54 Å². The number of pyridine rings is 1. The van der Waals surface area contributed by atoms with Gasteiger partial charge in [-0.05, 0) is 30.5 Å². The highest BCUT2D eigenvalue weighted by molar-refractivity contribution is 7.10. The van der Waals surface area contributed by atoms with Crippen LogP contribution < -0.4 is 5.32 Å². The summed E-state index contributed by atoms with van der Waals surface area (Å²) in [5.74, 6) is 0.0773. The smallest absolute Gasteiger partial charge is 0.255 e. The minimum absolute atomic E-state index is 0.0101. The molecule has 0 unspecified atom stereocenters. The van der Waals surface area contributed by atoms with E-state index in [0.29, 0.717) is 19.5 Å². The van der Waals surface area contributed by atoms with Crippen LogP contribution >= 0.6 is 11.3 Å². The standard InChI is InChI=1S/C18H21N3O2S/c1-2-16-8-14(12-24-16)18(23)21(10-13-4-3-7-19-9-13)11-15-5-6-17(22)20-15/h3-4,7-9,12,15H,2,5-6,10-11H2,1H3,(H,20,22)/t15-/m0/s1. The normalized spacial score (nSPS) is 16.9. The molecule has 24 heavy (non-hydrogen) atoms. The summed E-state index contributed by atoms with van der Waals surface area (Å²) in [5, 5.41) is 4.87. The van der Waals surface area contributed by atoms with Crippen molar-refractivity contribution in [1.82, 2.24) is 15.2 Å². The molecule has 3 heterocycles. The molecule has 0 aromatic carbocycles. The van der Waals surface area contributed by atoms with Gasteiger partial charge in [0.15, 0.2) is 0 Å². The molecule has 5 nitrogen and oxygen atoms in total. The van der Waals surface area contributed by atoms with Crippen LogP contribution in [0.2, 0.25) is 0 Å². The number of nitrogens with zero attached hydrogens (tertiary/aromatic N) is 2. The zero-order valence-corrected chi connectivity index (χ0v) is 14.5. The molecule has 1 aliphatic rings. The first-order valence-corrected chi connectivity index (χ1v) is 9.08. The number of carbonyl (C=O) groups is 2. The minimum atomic E-state index is 0.0101. The molecule has 1 saturated heterocycles. The van der Waals surface area contributed by atoms with Gasteiger partial charge in [0, 0.05) is 48.2 Å². The van der Waals surface area contributed by atoms with Crippen molar-refractivity contribution in [3.05, 3.63) is 52.0 Å². The highest BCUT2D eigenvalue weighted by atomic mass is 32.1. The first-order chi connectivity index (χ1) is 11.7. The lowest BCUT2D eigenvalue weighted by Crippen LogP contribution is -2.41. The van der Waals surface area contributed by atoms with Crippen LogP contribution in [0, 0.1) is 0 Å². The number of aromatic nitrogens is 1. The van der Waals surface area contributed by atoms with Crippen LogP contribution in [-0.4, -0.2) is 34.3 Å². The van der Waals surface area contributed by atoms with Crippen molar-refractivity contribution in [1.29, 1.82) is 0 Å². The Morgan fingerprint density at radius 1 is 1.50 bits per heavy atom. The maximum Gasteiger partial charge on any atom is 0.255 e. The summed E-state index contributed by atoms with van der Waals surface area (Å²) in [6.45, 7) is 3.11. The third kappa shape index (κ3) is 4.00. The molecule has 1 aliphatic heterocycles. The van der Waals surface area contributed by atoms with Crippen LogP contribution in [0.1, 0.15) is 40.6 Å². The van der Waals surface area contributed by atoms with Gasteiger partial charge in [0.2, 0.25) is 5.91 Å². The SMILES string of the molecule is CCc1cc(C(=O)N(Cc2cccnc2)C[C@@H]2CCC(=O)N2)cs1. The second-order valence-electron chi connectivity index (χ2n) is 6.01. The van der Waals surface area contributed by atoms with Gasteiger partial charge in [-0.2, -0.15) is 0 Å². The first kappa shape index (κ1) is 16.6. The minimum Gasteiger partial charge on any atom is -0.352 e. The van der Waals surface area contributed by atoms with Crippen molar-refractivity contribution < 1.29 is 9.59 Å². The molecule has 0 spiro atoms. The van der Waals surface area contributed by atoms with Gasteiger partial charge in [-0.15, -0.1) is 11.3 Å². The van der Waals surface area contributed by atoms with Gasteiger partial charge in [0.1, 0.15) is 0 Å². The monoisotopic (exact) mass is 343 g/mol. The maximum atomic E-state index is 12.9. The van der Waals surface area contributed by atoms with Crippen LogP contribution in [0.4, 0.5) is 0 Å². The predicted molar refractivity (Wildman–Crippen MR) is 93.8 cm³/mol. The summed E-state index contributed by atoms with van der Waals surface area (Å²) in [6, 6.07) is 5.83. The lowest BCUT2D eigenvalue weighted by Gasteiger charge is -2.25. The molecule has 0 aliphatic carbocycles. The van der Waals surface area contributed by atoms with E-state index in [1.54, 1.807) is 23.7 Å². The average molecular weight is 343 g/mol. The van der Waals surface area contributed by atoms with Gasteiger partial charge in [-0.3, -0.25) is 14.6 Å². The van der Waals surface area contributed by atoms with E-state index in [0.717, 1.165) is 24.0 Å². The number of thiophene rings is 1. The van der Waals surface area contributed by atoms with Gasteiger partial charge in [0.25, 0.3) is 5.91 Å². The predicted octanol–water partition coefficient (Wildman–Crippen LogP) is 2.63. The molecular formula is C18H21N3O2S. The van der Waals surface area contributed by atoms with Gasteiger partial charge >= 0.3 is 0 Å². The highest BCUT2D eigenvalue weighted by Crippen LogP contribution is 2.19. The first-order valence-electron chi connectivity index (χ1n) is 8.20. The van der Waals surface area contributed by atoms with Crippen LogP contribution in [0.25, 0.3) is 0 Å². The Morgan fingerprint density at radius 2 is 2.38 bits per heavy atom. The third-order valence-corrected chi connectivity index (χ3v) is 5.24. The topological polar surface area (TPSA) is 62.3 Å². The second kappa shape index (κ2) is 7.57. The number of nitrogens with one attached hydrogen (secondary N) is 1. The van der Waals surface area contributed by atoms with E-state index in [-0.39, 0.29) is 17.9 Å². The largest absolute Gasteiger partial charge is 0.352 e. The zero-order valence-electron chi connectivity index (χ0n) is 13.7. The number of aryl methyl sites for hydroxylation is 1. The molecule has 1 atom stereocenters. The number of amides is 2. The fraction of sp³-hybridized carbons (Fsp3) is 0.389. The Labute approximate surface area is 145 Å². The fourth-order valence-electron chi connectivity index (χ4n) is 2.87. The van der Waals surface area contributed by atoms with Crippen molar-refractivity contribution in [2.24, 2.45) is 0 Å². The quantitative estimate of drug-likeness (QED) is 0.877. The van der Waals surface area contributed by atoms with E-state index in [2.05, 4.69) is 17.2 Å². The highest BCUT2D eigenvalue weighted by Gasteiger charge is 2.26. The van der Waals surface area contributed by atoms with Crippen LogP contribution in [0.3, 0.4) is 0 Å². The molecule has 126 valence electrons. The van der Waals surface area contributed by atoms with Gasteiger partial charge < -0.3 is 10.2 Å². The summed E-state index contributed by atoms with van der Waals surface area (Å²) in [5.41, 5.74) is 1.71. The van der Waals surface area contributed by atoms with Crippen LogP contribution in [0.5, 0.6) is 0 Å². The van der Waals surface area contributed by atoms with Crippen molar-refractivity contribution >= 4 is 23.2 Å². The molecule has 3 rings (SSSR count). The summed E-state index contributed by atoms with van der Waals surface area (Å²) in [6.07, 6.45) is 5.74. The summed E-state index contributed by atoms with van der Waals surface area (Å²) >= 11 is 1.62. The van der Waals surface area contributed by atoms with Crippen molar-refractivity contribution in [2.45, 2.75) is 38.8 Å². The molecule has 1 fully saturated rings. The van der Waals surface area contributed by atoms with Gasteiger partial charge in [-0.25, -0.2) is 0 Å². The molecule has 2 aromatic rings. The lowest BCUT2D eigenvalue weighted by molar-refractivity contribution is -0.119. The Balaban J connectivity index is 1.77. The molecule has 2 aromatic heterocycles. The third-order valence-electron chi connectivity index (χ3n) is 4.16. The van der Waals surface area contributed by atoms with E-state index >= 15 is 0 Å². The molecule has 0 saturated carbocycles. The fourth-order valence-corrected chi connectivity index (χ4v) is 3.68. The molecule has 0 bridgehead atoms. The Morgan fingerprint density at radius 3 is 3.00 bits per heavy atom. The summed E-state index contributed by atoms with van der Waals surface area (Å²) < 4.78 is 0. The Kier molecular flexibility index (Phi) is 5.25. The molecule has 1 N–H and O–H groups in total. The number of hydrogen-bond acceptors (Lipinski definition) is 4. The zero-order chi connectivity index (χ0) is 16.9. The molecular weight excluding hydrogens is 322 g/mol.